The highest BCUT2D eigenvalue weighted by molar-refractivity contribution is 7.52. The number of nitrogens with one attached hydrogen (secondary N) is 1. The molecule has 0 bridgehead atoms. The van der Waals surface area contributed by atoms with Crippen molar-refractivity contribution >= 4 is 13.7 Å². The first kappa shape index (κ1) is 24.6. The molecule has 12 heteroatoms. The van der Waals surface area contributed by atoms with Gasteiger partial charge in [-0.3, -0.25) is 4.79 Å². The maximum absolute atomic E-state index is 14.0. The number of esters is 1. The Morgan fingerprint density at radius 1 is 0.935 bits per heavy atom. The van der Waals surface area contributed by atoms with Crippen LogP contribution in [0, 0.1) is 29.1 Å². The van der Waals surface area contributed by atoms with Gasteiger partial charge in [0, 0.05) is 0 Å². The van der Waals surface area contributed by atoms with Gasteiger partial charge in [0.15, 0.2) is 0 Å². The molecule has 0 aliphatic rings. The normalized spacial score (nSPS) is 15.0. The Balaban J connectivity index is 2.42. The second-order valence-electron chi connectivity index (χ2n) is 6.40. The van der Waals surface area contributed by atoms with E-state index in [2.05, 4.69) is 9.61 Å². The van der Waals surface area contributed by atoms with E-state index in [9.17, 15) is 31.3 Å². The van der Waals surface area contributed by atoms with Crippen LogP contribution < -0.4 is 14.1 Å². The lowest BCUT2D eigenvalue weighted by Crippen LogP contribution is -2.37. The van der Waals surface area contributed by atoms with Gasteiger partial charge in [-0.1, -0.05) is 25.1 Å². The molecule has 2 unspecified atom stereocenters. The molecule has 0 spiro atoms. The number of rotatable bonds is 9. The molecule has 2 rings (SSSR count). The third-order valence-electron chi connectivity index (χ3n) is 3.95. The topological polar surface area (TPSA) is 73.9 Å². The van der Waals surface area contributed by atoms with Crippen LogP contribution in [0.2, 0.25) is 0 Å². The van der Waals surface area contributed by atoms with Gasteiger partial charge in [0.25, 0.3) is 0 Å². The van der Waals surface area contributed by atoms with Crippen molar-refractivity contribution in [3.8, 4) is 11.5 Å². The predicted molar refractivity (Wildman–Crippen MR) is 100.0 cm³/mol. The van der Waals surface area contributed by atoms with E-state index in [1.807, 2.05) is 0 Å². The molecule has 0 aromatic heterocycles. The molecule has 2 aromatic carbocycles. The second kappa shape index (κ2) is 10.1. The van der Waals surface area contributed by atoms with Gasteiger partial charge in [0.1, 0.15) is 11.8 Å². The van der Waals surface area contributed by atoms with Crippen molar-refractivity contribution < 1.29 is 45.1 Å². The Morgan fingerprint density at radius 2 is 1.45 bits per heavy atom. The van der Waals surface area contributed by atoms with E-state index in [0.717, 1.165) is 0 Å². The zero-order chi connectivity index (χ0) is 23.3. The second-order valence-corrected chi connectivity index (χ2v) is 8.02. The van der Waals surface area contributed by atoms with Gasteiger partial charge < -0.3 is 13.8 Å². The summed E-state index contributed by atoms with van der Waals surface area (Å²) in [6.45, 7) is 4.52. The van der Waals surface area contributed by atoms with Crippen molar-refractivity contribution in [3.63, 3.8) is 0 Å². The van der Waals surface area contributed by atoms with Crippen LogP contribution in [0.5, 0.6) is 11.5 Å². The molecular weight excluding hydrogens is 448 g/mol. The molecular formula is C19H19F5NO5P. The average molecular weight is 467 g/mol. The monoisotopic (exact) mass is 467 g/mol. The molecule has 1 N–H and O–H groups in total. The van der Waals surface area contributed by atoms with E-state index >= 15 is 0 Å². The first-order valence-corrected chi connectivity index (χ1v) is 10.6. The highest BCUT2D eigenvalue weighted by Gasteiger charge is 2.38. The molecule has 170 valence electrons. The number of hydrogen-bond donors (Lipinski definition) is 1. The lowest BCUT2D eigenvalue weighted by Gasteiger charge is -2.24. The fraction of sp³-hybridized carbons (Fsp3) is 0.316. The standard InChI is InChI=1S/C19H19F5NO5P/c1-4-10(2)28-19(26)11(3)25-31(27,29-12-8-6-5-7-9-12)30-18-16(23)14(21)13(20)15(22)17(18)24/h5-11H,4H2,1-3H3,(H,25,27)/t10?,11-,31?/m0/s1. The van der Waals surface area contributed by atoms with Gasteiger partial charge in [-0.2, -0.15) is 13.9 Å². The molecule has 0 saturated heterocycles. The number of ether oxygens (including phenoxy) is 1. The summed E-state index contributed by atoms with van der Waals surface area (Å²) >= 11 is 0. The molecule has 0 radical (unpaired) electrons. The van der Waals surface area contributed by atoms with Crippen LogP contribution in [0.25, 0.3) is 0 Å². The molecule has 0 aliphatic carbocycles. The van der Waals surface area contributed by atoms with Gasteiger partial charge >= 0.3 is 13.7 Å². The molecule has 2 aromatic rings. The van der Waals surface area contributed by atoms with Crippen molar-refractivity contribution in [1.29, 1.82) is 0 Å². The summed E-state index contributed by atoms with van der Waals surface area (Å²) in [7, 11) is -4.92. The third-order valence-corrected chi connectivity index (χ3v) is 5.52. The minimum atomic E-state index is -4.92. The van der Waals surface area contributed by atoms with Crippen LogP contribution in [0.4, 0.5) is 22.0 Å². The van der Waals surface area contributed by atoms with Gasteiger partial charge in [-0.25, -0.2) is 17.7 Å². The highest BCUT2D eigenvalue weighted by Crippen LogP contribution is 2.47. The smallest absolute Gasteiger partial charge is 0.462 e. The van der Waals surface area contributed by atoms with Crippen LogP contribution in [0.15, 0.2) is 30.3 Å². The molecule has 31 heavy (non-hydrogen) atoms. The van der Waals surface area contributed by atoms with Crippen molar-refractivity contribution in [1.82, 2.24) is 5.09 Å². The minimum absolute atomic E-state index is 0.135. The summed E-state index contributed by atoms with van der Waals surface area (Å²) < 4.78 is 96.4. The Bertz CT molecular complexity index is 962. The number of carbonyl (C=O) groups is 1. The summed E-state index contributed by atoms with van der Waals surface area (Å²) in [5.41, 5.74) is 0. The quantitative estimate of drug-likeness (QED) is 0.178. The van der Waals surface area contributed by atoms with E-state index in [4.69, 9.17) is 9.26 Å². The van der Waals surface area contributed by atoms with E-state index < -0.39 is 60.7 Å². The van der Waals surface area contributed by atoms with Crippen LogP contribution >= 0.6 is 7.75 Å². The van der Waals surface area contributed by atoms with Crippen molar-refractivity contribution in [2.75, 3.05) is 0 Å². The summed E-state index contributed by atoms with van der Waals surface area (Å²) in [4.78, 5) is 12.1. The van der Waals surface area contributed by atoms with Crippen LogP contribution in [-0.2, 0) is 14.1 Å². The van der Waals surface area contributed by atoms with Gasteiger partial charge in [-0.15, -0.1) is 0 Å². The molecule has 0 amide bonds. The number of benzene rings is 2. The summed E-state index contributed by atoms with van der Waals surface area (Å²) in [6.07, 6.45) is -0.0280. The minimum Gasteiger partial charge on any atom is -0.462 e. The number of hydrogen-bond acceptors (Lipinski definition) is 5. The summed E-state index contributed by atoms with van der Waals surface area (Å²) in [5.74, 6) is -14.6. The lowest BCUT2D eigenvalue weighted by molar-refractivity contribution is -0.150. The molecule has 3 atom stereocenters. The first-order valence-electron chi connectivity index (χ1n) is 9.03. The van der Waals surface area contributed by atoms with E-state index in [1.54, 1.807) is 19.9 Å². The number of halogens is 5. The molecule has 0 heterocycles. The Labute approximate surface area is 174 Å². The van der Waals surface area contributed by atoms with E-state index in [1.165, 1.54) is 31.2 Å². The number of carbonyl (C=O) groups excluding carboxylic acids is 1. The molecule has 0 fully saturated rings. The van der Waals surface area contributed by atoms with Crippen LogP contribution in [-0.4, -0.2) is 18.1 Å². The fourth-order valence-corrected chi connectivity index (χ4v) is 3.67. The van der Waals surface area contributed by atoms with E-state index in [-0.39, 0.29) is 5.75 Å². The van der Waals surface area contributed by atoms with Gasteiger partial charge in [0.2, 0.25) is 34.8 Å². The molecule has 0 aliphatic heterocycles. The summed E-state index contributed by atoms with van der Waals surface area (Å²) in [5, 5.41) is 2.09. The largest absolute Gasteiger partial charge is 0.513 e. The maximum atomic E-state index is 14.0. The molecule has 6 nitrogen and oxygen atoms in total. The Kier molecular flexibility index (Phi) is 8.02. The average Bonchev–Trinajstić information content (AvgIpc) is 2.74. The van der Waals surface area contributed by atoms with Crippen LogP contribution in [0.1, 0.15) is 27.2 Å². The van der Waals surface area contributed by atoms with Gasteiger partial charge in [-0.05, 0) is 32.4 Å². The van der Waals surface area contributed by atoms with Crippen molar-refractivity contribution in [2.45, 2.75) is 39.3 Å². The highest BCUT2D eigenvalue weighted by atomic mass is 31.2. The van der Waals surface area contributed by atoms with E-state index in [0.29, 0.717) is 6.42 Å². The number of para-hydroxylation sites is 1. The van der Waals surface area contributed by atoms with Crippen molar-refractivity contribution in [2.24, 2.45) is 0 Å². The Hall–Kier alpha value is -2.65. The molecule has 0 saturated carbocycles. The fourth-order valence-electron chi connectivity index (χ4n) is 2.15. The lowest BCUT2D eigenvalue weighted by atomic mass is 10.3. The predicted octanol–water partition coefficient (Wildman–Crippen LogP) is 5.27. The Morgan fingerprint density at radius 3 is 1.97 bits per heavy atom. The third kappa shape index (κ3) is 5.95. The zero-order valence-corrected chi connectivity index (χ0v) is 17.5. The zero-order valence-electron chi connectivity index (χ0n) is 16.6. The summed E-state index contributed by atoms with van der Waals surface area (Å²) in [6, 6.07) is 5.67. The van der Waals surface area contributed by atoms with Crippen LogP contribution in [0.3, 0.4) is 0 Å². The SMILES string of the molecule is CCC(C)OC(=O)[C@H](C)NP(=O)(Oc1ccccc1)Oc1c(F)c(F)c(F)c(F)c1F. The van der Waals surface area contributed by atoms with Gasteiger partial charge in [0.05, 0.1) is 6.10 Å². The van der Waals surface area contributed by atoms with Crippen molar-refractivity contribution in [3.05, 3.63) is 59.4 Å². The first-order chi connectivity index (χ1) is 14.5. The maximum Gasteiger partial charge on any atom is 0.513 e.